The van der Waals surface area contributed by atoms with E-state index in [1.54, 1.807) is 0 Å². The van der Waals surface area contributed by atoms with Gasteiger partial charge in [-0.05, 0) is 31.5 Å². The third-order valence-corrected chi connectivity index (χ3v) is 3.75. The number of benzene rings is 1. The van der Waals surface area contributed by atoms with Crippen molar-refractivity contribution in [2.24, 2.45) is 5.84 Å². The van der Waals surface area contributed by atoms with E-state index in [1.165, 1.54) is 32.1 Å². The van der Waals surface area contributed by atoms with Gasteiger partial charge in [0.15, 0.2) is 0 Å². The fraction of sp³-hybridized carbons (Fsp3) is 0.625. The lowest BCUT2D eigenvalue weighted by Gasteiger charge is -2.24. The zero-order valence-electron chi connectivity index (χ0n) is 12.6. The van der Waals surface area contributed by atoms with Crippen LogP contribution < -0.4 is 16.0 Å². The van der Waals surface area contributed by atoms with E-state index in [1.807, 2.05) is 31.2 Å². The Kier molecular flexibility index (Phi) is 8.67. The van der Waals surface area contributed by atoms with Crippen molar-refractivity contribution in [3.05, 3.63) is 29.3 Å². The average Bonchev–Trinajstić information content (AvgIpc) is 2.42. The zero-order chi connectivity index (χ0) is 14.8. The van der Waals surface area contributed by atoms with Crippen LogP contribution >= 0.6 is 11.6 Å². The van der Waals surface area contributed by atoms with Crippen LogP contribution in [0.5, 0.6) is 5.75 Å². The van der Waals surface area contributed by atoms with E-state index >= 15 is 0 Å². The summed E-state index contributed by atoms with van der Waals surface area (Å²) in [7, 11) is 0. The van der Waals surface area contributed by atoms with Crippen molar-refractivity contribution in [1.82, 2.24) is 5.43 Å². The Labute approximate surface area is 127 Å². The molecule has 3 N–H and O–H groups in total. The lowest BCUT2D eigenvalue weighted by molar-refractivity contribution is 0.163. The molecule has 1 aromatic carbocycles. The van der Waals surface area contributed by atoms with E-state index in [2.05, 4.69) is 12.3 Å². The van der Waals surface area contributed by atoms with Crippen LogP contribution in [0, 0.1) is 0 Å². The van der Waals surface area contributed by atoms with Crippen molar-refractivity contribution >= 4 is 11.6 Å². The number of hydrazine groups is 1. The summed E-state index contributed by atoms with van der Waals surface area (Å²) in [4.78, 5) is 0. The predicted octanol–water partition coefficient (Wildman–Crippen LogP) is 4.30. The molecule has 3 nitrogen and oxygen atoms in total. The predicted molar refractivity (Wildman–Crippen MR) is 86.0 cm³/mol. The standard InChI is InChI=1S/C16H27ClN2O/c1-3-4-5-6-7-11-16(19-18)13(2)20-15-10-8-9-14(17)12-15/h8-10,12-13,16,19H,3-7,11,18H2,1-2H3. The van der Waals surface area contributed by atoms with E-state index in [9.17, 15) is 0 Å². The fourth-order valence-electron chi connectivity index (χ4n) is 2.26. The highest BCUT2D eigenvalue weighted by Crippen LogP contribution is 2.20. The molecule has 0 aliphatic heterocycles. The van der Waals surface area contributed by atoms with Gasteiger partial charge in [0, 0.05) is 5.02 Å². The summed E-state index contributed by atoms with van der Waals surface area (Å²) in [6.07, 6.45) is 7.37. The molecule has 0 aromatic heterocycles. The number of hydrogen-bond donors (Lipinski definition) is 2. The van der Waals surface area contributed by atoms with Crippen LogP contribution in [0.4, 0.5) is 0 Å². The molecule has 2 atom stereocenters. The van der Waals surface area contributed by atoms with Crippen LogP contribution in [0.25, 0.3) is 0 Å². The molecule has 0 amide bonds. The lowest BCUT2D eigenvalue weighted by atomic mass is 10.0. The van der Waals surface area contributed by atoms with Gasteiger partial charge < -0.3 is 4.74 Å². The Morgan fingerprint density at radius 1 is 1.25 bits per heavy atom. The molecule has 2 unspecified atom stereocenters. The van der Waals surface area contributed by atoms with E-state index in [0.717, 1.165) is 12.2 Å². The summed E-state index contributed by atoms with van der Waals surface area (Å²) in [5.41, 5.74) is 2.87. The number of unbranched alkanes of at least 4 members (excludes halogenated alkanes) is 4. The molecular formula is C16H27ClN2O. The third-order valence-electron chi connectivity index (χ3n) is 3.52. The monoisotopic (exact) mass is 298 g/mol. The molecule has 0 heterocycles. The minimum absolute atomic E-state index is 0.0182. The quantitative estimate of drug-likeness (QED) is 0.385. The molecule has 0 aliphatic rings. The van der Waals surface area contributed by atoms with Gasteiger partial charge in [0.1, 0.15) is 11.9 Å². The summed E-state index contributed by atoms with van der Waals surface area (Å²) < 4.78 is 5.90. The molecule has 0 fully saturated rings. The molecule has 1 aromatic rings. The first kappa shape index (κ1) is 17.3. The van der Waals surface area contributed by atoms with Gasteiger partial charge in [-0.3, -0.25) is 11.3 Å². The summed E-state index contributed by atoms with van der Waals surface area (Å²) in [5.74, 6) is 6.43. The van der Waals surface area contributed by atoms with Gasteiger partial charge in [-0.2, -0.15) is 0 Å². The first-order valence-corrected chi connectivity index (χ1v) is 7.93. The average molecular weight is 299 g/mol. The normalized spacial score (nSPS) is 14.0. The van der Waals surface area contributed by atoms with Crippen LogP contribution in [-0.2, 0) is 0 Å². The van der Waals surface area contributed by atoms with Crippen molar-refractivity contribution in [2.45, 2.75) is 64.5 Å². The van der Waals surface area contributed by atoms with Crippen LogP contribution in [0.15, 0.2) is 24.3 Å². The Bertz CT molecular complexity index is 373. The highest BCUT2D eigenvalue weighted by atomic mass is 35.5. The van der Waals surface area contributed by atoms with Gasteiger partial charge in [0.25, 0.3) is 0 Å². The number of ether oxygens (including phenoxy) is 1. The second-order valence-electron chi connectivity index (χ2n) is 5.26. The summed E-state index contributed by atoms with van der Waals surface area (Å²) in [5, 5.41) is 0.687. The second kappa shape index (κ2) is 10.0. The maximum atomic E-state index is 5.95. The van der Waals surface area contributed by atoms with Crippen molar-refractivity contribution in [3.8, 4) is 5.75 Å². The molecule has 0 aliphatic carbocycles. The van der Waals surface area contributed by atoms with Gasteiger partial charge in [-0.15, -0.1) is 0 Å². The van der Waals surface area contributed by atoms with Crippen LogP contribution in [0.3, 0.4) is 0 Å². The van der Waals surface area contributed by atoms with Crippen molar-refractivity contribution in [2.75, 3.05) is 0 Å². The largest absolute Gasteiger partial charge is 0.489 e. The smallest absolute Gasteiger partial charge is 0.121 e. The Balaban J connectivity index is 2.36. The number of halogens is 1. The topological polar surface area (TPSA) is 47.3 Å². The first-order chi connectivity index (χ1) is 9.67. The van der Waals surface area contributed by atoms with Gasteiger partial charge in [0.2, 0.25) is 0 Å². The summed E-state index contributed by atoms with van der Waals surface area (Å²) >= 11 is 5.95. The van der Waals surface area contributed by atoms with Crippen LogP contribution in [-0.4, -0.2) is 12.1 Å². The minimum atomic E-state index is 0.0182. The van der Waals surface area contributed by atoms with Crippen LogP contribution in [0.2, 0.25) is 5.02 Å². The van der Waals surface area contributed by atoms with Crippen LogP contribution in [0.1, 0.15) is 52.4 Å². The SMILES string of the molecule is CCCCCCCC(NN)C(C)Oc1cccc(Cl)c1. The van der Waals surface area contributed by atoms with Gasteiger partial charge >= 0.3 is 0 Å². The highest BCUT2D eigenvalue weighted by Gasteiger charge is 2.17. The lowest BCUT2D eigenvalue weighted by Crippen LogP contribution is -2.45. The molecule has 114 valence electrons. The molecule has 0 saturated heterocycles. The van der Waals surface area contributed by atoms with E-state index in [0.29, 0.717) is 5.02 Å². The van der Waals surface area contributed by atoms with E-state index in [-0.39, 0.29) is 12.1 Å². The molecule has 1 rings (SSSR count). The van der Waals surface area contributed by atoms with Gasteiger partial charge in [-0.25, -0.2) is 0 Å². The highest BCUT2D eigenvalue weighted by molar-refractivity contribution is 6.30. The molecule has 0 saturated carbocycles. The minimum Gasteiger partial charge on any atom is -0.489 e. The molecule has 0 radical (unpaired) electrons. The molecule has 0 spiro atoms. The van der Waals surface area contributed by atoms with Gasteiger partial charge in [0.05, 0.1) is 6.04 Å². The molecule has 0 bridgehead atoms. The number of hydrogen-bond acceptors (Lipinski definition) is 3. The Morgan fingerprint density at radius 2 is 2.00 bits per heavy atom. The summed E-state index contributed by atoms with van der Waals surface area (Å²) in [6, 6.07) is 7.63. The molecule has 4 heteroatoms. The summed E-state index contributed by atoms with van der Waals surface area (Å²) in [6.45, 7) is 4.27. The maximum absolute atomic E-state index is 5.95. The molecular weight excluding hydrogens is 272 g/mol. The number of rotatable bonds is 10. The second-order valence-corrected chi connectivity index (χ2v) is 5.69. The van der Waals surface area contributed by atoms with Gasteiger partial charge in [-0.1, -0.05) is 56.7 Å². The van der Waals surface area contributed by atoms with Crippen molar-refractivity contribution < 1.29 is 4.74 Å². The number of nitrogens with two attached hydrogens (primary N) is 1. The third kappa shape index (κ3) is 6.60. The molecule has 20 heavy (non-hydrogen) atoms. The van der Waals surface area contributed by atoms with Crippen molar-refractivity contribution in [3.63, 3.8) is 0 Å². The van der Waals surface area contributed by atoms with E-state index in [4.69, 9.17) is 22.2 Å². The van der Waals surface area contributed by atoms with E-state index < -0.39 is 0 Å². The maximum Gasteiger partial charge on any atom is 0.121 e. The Morgan fingerprint density at radius 3 is 2.65 bits per heavy atom. The Hall–Kier alpha value is -0.770. The first-order valence-electron chi connectivity index (χ1n) is 7.55. The number of nitrogens with one attached hydrogen (secondary N) is 1. The van der Waals surface area contributed by atoms with Crippen molar-refractivity contribution in [1.29, 1.82) is 0 Å². The zero-order valence-corrected chi connectivity index (χ0v) is 13.3. The fourth-order valence-corrected chi connectivity index (χ4v) is 2.44.